The second kappa shape index (κ2) is 7.91. The molecule has 2 aromatic carbocycles. The van der Waals surface area contributed by atoms with E-state index in [2.05, 4.69) is 15.6 Å². The van der Waals surface area contributed by atoms with Crippen molar-refractivity contribution in [3.63, 3.8) is 0 Å². The van der Waals surface area contributed by atoms with Gasteiger partial charge >= 0.3 is 0 Å². The van der Waals surface area contributed by atoms with Crippen LogP contribution in [0.25, 0.3) is 0 Å². The van der Waals surface area contributed by atoms with Gasteiger partial charge in [0, 0.05) is 11.4 Å². The number of nitrogens with zero attached hydrogens (tertiary/aromatic N) is 1. The third-order valence-electron chi connectivity index (χ3n) is 3.35. The molecule has 2 aromatic rings. The molecule has 5 nitrogen and oxygen atoms in total. The lowest BCUT2D eigenvalue weighted by Gasteiger charge is -2.08. The maximum absolute atomic E-state index is 12.2. The summed E-state index contributed by atoms with van der Waals surface area (Å²) in [5.41, 5.74) is 1.20. The van der Waals surface area contributed by atoms with Crippen LogP contribution in [0.1, 0.15) is 6.42 Å². The fourth-order valence-corrected chi connectivity index (χ4v) is 3.45. The Bertz CT molecular complexity index is 840. The van der Waals surface area contributed by atoms with Crippen LogP contribution in [0.15, 0.2) is 53.5 Å². The van der Waals surface area contributed by atoms with E-state index in [0.717, 1.165) is 0 Å². The smallest absolute Gasteiger partial charge is 0.240 e. The summed E-state index contributed by atoms with van der Waals surface area (Å²) in [6, 6.07) is 13.9. The van der Waals surface area contributed by atoms with E-state index >= 15 is 0 Å². The molecule has 0 spiro atoms. The lowest BCUT2D eigenvalue weighted by Crippen LogP contribution is -2.28. The Labute approximate surface area is 158 Å². The van der Waals surface area contributed by atoms with Crippen LogP contribution in [-0.4, -0.2) is 22.2 Å². The maximum Gasteiger partial charge on any atom is 0.240 e. The van der Waals surface area contributed by atoms with E-state index in [1.54, 1.807) is 48.5 Å². The second-order valence-corrected chi connectivity index (χ2v) is 7.26. The molecule has 8 heteroatoms. The third-order valence-corrected chi connectivity index (χ3v) is 5.02. The van der Waals surface area contributed by atoms with E-state index in [1.807, 2.05) is 0 Å². The highest BCUT2D eigenvalue weighted by Gasteiger charge is 2.32. The monoisotopic (exact) mass is 393 g/mol. The van der Waals surface area contributed by atoms with Gasteiger partial charge in [0.25, 0.3) is 0 Å². The van der Waals surface area contributed by atoms with Crippen molar-refractivity contribution in [1.29, 1.82) is 0 Å². The number of aliphatic imine (C=N–C) groups is 1. The quantitative estimate of drug-likeness (QED) is 0.815. The van der Waals surface area contributed by atoms with Gasteiger partial charge in [-0.2, -0.15) is 0 Å². The van der Waals surface area contributed by atoms with Crippen molar-refractivity contribution in [1.82, 2.24) is 5.32 Å². The first kappa shape index (κ1) is 17.8. The summed E-state index contributed by atoms with van der Waals surface area (Å²) in [7, 11) is 0. The number of rotatable bonds is 4. The predicted molar refractivity (Wildman–Crippen MR) is 103 cm³/mol. The largest absolute Gasteiger partial charge is 0.325 e. The third kappa shape index (κ3) is 4.75. The van der Waals surface area contributed by atoms with E-state index < -0.39 is 5.25 Å². The fourth-order valence-electron chi connectivity index (χ4n) is 2.16. The molecule has 25 heavy (non-hydrogen) atoms. The van der Waals surface area contributed by atoms with Crippen LogP contribution in [0, 0.1) is 0 Å². The van der Waals surface area contributed by atoms with Gasteiger partial charge in [0.15, 0.2) is 5.17 Å². The molecule has 1 unspecified atom stereocenters. The summed E-state index contributed by atoms with van der Waals surface area (Å²) >= 11 is 13.1. The molecule has 0 radical (unpaired) electrons. The SMILES string of the molecule is O=C(CC1SC(=Nc2ccc(Cl)cc2)NC1=O)Nc1ccccc1Cl. The van der Waals surface area contributed by atoms with Gasteiger partial charge in [-0.05, 0) is 36.4 Å². The van der Waals surface area contributed by atoms with E-state index in [-0.39, 0.29) is 18.2 Å². The van der Waals surface area contributed by atoms with Gasteiger partial charge in [0.1, 0.15) is 5.25 Å². The van der Waals surface area contributed by atoms with Crippen LogP contribution in [0.2, 0.25) is 10.0 Å². The van der Waals surface area contributed by atoms with E-state index in [1.165, 1.54) is 11.8 Å². The molecule has 0 bridgehead atoms. The molecule has 0 aliphatic carbocycles. The Morgan fingerprint density at radius 1 is 1.16 bits per heavy atom. The van der Waals surface area contributed by atoms with Gasteiger partial charge < -0.3 is 10.6 Å². The molecule has 1 heterocycles. The topological polar surface area (TPSA) is 70.6 Å². The first-order valence-electron chi connectivity index (χ1n) is 7.37. The van der Waals surface area contributed by atoms with Crippen molar-refractivity contribution in [2.75, 3.05) is 5.32 Å². The molecule has 3 rings (SSSR count). The number of amides is 2. The van der Waals surface area contributed by atoms with Crippen LogP contribution in [0.4, 0.5) is 11.4 Å². The van der Waals surface area contributed by atoms with Crippen molar-refractivity contribution in [2.45, 2.75) is 11.7 Å². The summed E-state index contributed by atoms with van der Waals surface area (Å²) < 4.78 is 0. The minimum absolute atomic E-state index is 0.0291. The van der Waals surface area contributed by atoms with E-state index in [4.69, 9.17) is 23.2 Å². The van der Waals surface area contributed by atoms with Gasteiger partial charge in [0.05, 0.1) is 16.4 Å². The van der Waals surface area contributed by atoms with Crippen molar-refractivity contribution >= 4 is 63.3 Å². The van der Waals surface area contributed by atoms with Crippen molar-refractivity contribution < 1.29 is 9.59 Å². The number of thioether (sulfide) groups is 1. The Morgan fingerprint density at radius 3 is 2.60 bits per heavy atom. The standard InChI is InChI=1S/C17H13Cl2N3O2S/c18-10-5-7-11(8-6-10)20-17-22-16(24)14(25-17)9-15(23)21-13-4-2-1-3-12(13)19/h1-8,14H,9H2,(H,21,23)(H,20,22,24). The van der Waals surface area contributed by atoms with Gasteiger partial charge in [0.2, 0.25) is 11.8 Å². The summed E-state index contributed by atoms with van der Waals surface area (Å²) in [4.78, 5) is 28.5. The molecule has 2 amide bonds. The second-order valence-electron chi connectivity index (χ2n) is 5.22. The minimum atomic E-state index is -0.534. The molecular weight excluding hydrogens is 381 g/mol. The lowest BCUT2D eigenvalue weighted by molar-refractivity contribution is -0.122. The van der Waals surface area contributed by atoms with E-state index in [0.29, 0.717) is 26.6 Å². The number of anilines is 1. The van der Waals surface area contributed by atoms with Gasteiger partial charge in [-0.25, -0.2) is 4.99 Å². The number of para-hydroxylation sites is 1. The average molecular weight is 394 g/mol. The molecular formula is C17H13Cl2N3O2S. The normalized spacial score (nSPS) is 18.2. The van der Waals surface area contributed by atoms with Gasteiger partial charge in [-0.1, -0.05) is 47.1 Å². The fraction of sp³-hybridized carbons (Fsp3) is 0.118. The first-order chi connectivity index (χ1) is 12.0. The summed E-state index contributed by atoms with van der Waals surface area (Å²) in [5.74, 6) is -0.527. The number of benzene rings is 2. The van der Waals surface area contributed by atoms with Gasteiger partial charge in [-0.3, -0.25) is 9.59 Å². The molecule has 1 saturated heterocycles. The van der Waals surface area contributed by atoms with Crippen molar-refractivity contribution in [2.24, 2.45) is 4.99 Å². The number of carbonyl (C=O) groups is 2. The molecule has 1 atom stereocenters. The number of halogens is 2. The molecule has 0 aromatic heterocycles. The highest BCUT2D eigenvalue weighted by molar-refractivity contribution is 8.15. The number of amidine groups is 1. The number of hydrogen-bond acceptors (Lipinski definition) is 4. The molecule has 128 valence electrons. The van der Waals surface area contributed by atoms with E-state index in [9.17, 15) is 9.59 Å². The molecule has 1 aliphatic heterocycles. The Morgan fingerprint density at radius 2 is 1.88 bits per heavy atom. The van der Waals surface area contributed by atoms with Crippen LogP contribution < -0.4 is 10.6 Å². The highest BCUT2D eigenvalue weighted by atomic mass is 35.5. The molecule has 1 aliphatic rings. The highest BCUT2D eigenvalue weighted by Crippen LogP contribution is 2.27. The zero-order chi connectivity index (χ0) is 17.8. The minimum Gasteiger partial charge on any atom is -0.325 e. The van der Waals surface area contributed by atoms with Crippen molar-refractivity contribution in [3.8, 4) is 0 Å². The maximum atomic E-state index is 12.2. The molecule has 2 N–H and O–H groups in total. The Balaban J connectivity index is 1.62. The Kier molecular flexibility index (Phi) is 5.63. The van der Waals surface area contributed by atoms with Crippen molar-refractivity contribution in [3.05, 3.63) is 58.6 Å². The van der Waals surface area contributed by atoms with Crippen LogP contribution >= 0.6 is 35.0 Å². The van der Waals surface area contributed by atoms with Gasteiger partial charge in [-0.15, -0.1) is 0 Å². The summed E-state index contributed by atoms with van der Waals surface area (Å²) in [6.07, 6.45) is 0.0291. The average Bonchev–Trinajstić information content (AvgIpc) is 2.91. The summed E-state index contributed by atoms with van der Waals surface area (Å²) in [5, 5.41) is 6.38. The van der Waals surface area contributed by atoms with Crippen LogP contribution in [0.3, 0.4) is 0 Å². The number of nitrogens with one attached hydrogen (secondary N) is 2. The summed E-state index contributed by atoms with van der Waals surface area (Å²) in [6.45, 7) is 0. The Hall–Kier alpha value is -2.02. The predicted octanol–water partition coefficient (Wildman–Crippen LogP) is 4.24. The zero-order valence-electron chi connectivity index (χ0n) is 12.8. The first-order valence-corrected chi connectivity index (χ1v) is 9.01. The molecule has 0 saturated carbocycles. The van der Waals surface area contributed by atoms with Crippen LogP contribution in [0.5, 0.6) is 0 Å². The number of carbonyl (C=O) groups excluding carboxylic acids is 2. The number of hydrogen-bond donors (Lipinski definition) is 2. The zero-order valence-corrected chi connectivity index (χ0v) is 15.2. The van der Waals surface area contributed by atoms with Crippen LogP contribution in [-0.2, 0) is 9.59 Å². The lowest BCUT2D eigenvalue weighted by atomic mass is 10.2. The molecule has 1 fully saturated rings.